The van der Waals surface area contributed by atoms with Crippen molar-refractivity contribution < 1.29 is 24.2 Å². The molecular weight excluding hydrogens is 444 g/mol. The van der Waals surface area contributed by atoms with Gasteiger partial charge in [0.1, 0.15) is 6.61 Å². The van der Waals surface area contributed by atoms with Gasteiger partial charge in [0.25, 0.3) is 0 Å². The van der Waals surface area contributed by atoms with Crippen molar-refractivity contribution in [3.8, 4) is 11.1 Å². The van der Waals surface area contributed by atoms with Crippen molar-refractivity contribution in [3.63, 3.8) is 0 Å². The zero-order valence-corrected chi connectivity index (χ0v) is 20.8. The van der Waals surface area contributed by atoms with E-state index in [1.165, 1.54) is 0 Å². The molecule has 2 amide bonds. The highest BCUT2D eigenvalue weighted by Crippen LogP contribution is 2.44. The quantitative estimate of drug-likeness (QED) is 0.392. The number of benzene rings is 2. The van der Waals surface area contributed by atoms with Gasteiger partial charge in [0.05, 0.1) is 5.41 Å². The smallest absolute Gasteiger partial charge is 0.407 e. The lowest BCUT2D eigenvalue weighted by molar-refractivity contribution is -0.138. The molecule has 3 rings (SSSR count). The van der Waals surface area contributed by atoms with Gasteiger partial charge >= 0.3 is 12.1 Å². The average molecular weight is 481 g/mol. The number of carboxylic acids is 1. The lowest BCUT2D eigenvalue weighted by Gasteiger charge is -2.32. The summed E-state index contributed by atoms with van der Waals surface area (Å²) in [6.45, 7) is 6.12. The van der Waals surface area contributed by atoms with E-state index in [-0.39, 0.29) is 37.4 Å². The highest BCUT2D eigenvalue weighted by Gasteiger charge is 2.36. The molecule has 1 aliphatic carbocycles. The molecule has 3 N–H and O–H groups in total. The second-order valence-electron chi connectivity index (χ2n) is 9.18. The van der Waals surface area contributed by atoms with Crippen molar-refractivity contribution in [2.45, 2.75) is 64.8 Å². The summed E-state index contributed by atoms with van der Waals surface area (Å²) in [6.07, 6.45) is 1.54. The molecule has 7 heteroatoms. The predicted octanol–water partition coefficient (Wildman–Crippen LogP) is 5.09. The SMILES string of the molecule is CCC(CCC(=O)O)NC(=O)C(CC)(CC)CNC(=O)OCC1c2ccccc2-c2ccccc21. The molecule has 0 radical (unpaired) electrons. The molecule has 2 aromatic rings. The summed E-state index contributed by atoms with van der Waals surface area (Å²) in [6, 6.07) is 16.1. The normalized spacial score (nSPS) is 13.5. The minimum Gasteiger partial charge on any atom is -0.481 e. The Labute approximate surface area is 207 Å². The lowest BCUT2D eigenvalue weighted by Crippen LogP contribution is -2.50. The number of aliphatic carboxylic acids is 1. The highest BCUT2D eigenvalue weighted by molar-refractivity contribution is 5.84. The van der Waals surface area contributed by atoms with Crippen LogP contribution in [0, 0.1) is 5.41 Å². The standard InChI is InChI=1S/C28H36N2O5/c1-4-19(15-16-25(31)32)30-26(33)28(5-2,6-3)18-29-27(34)35-17-24-22-13-9-7-11-20(22)21-12-8-10-14-23(21)24/h7-14,19,24H,4-6,15-18H2,1-3H3,(H,29,34)(H,30,33)(H,31,32). The lowest BCUT2D eigenvalue weighted by atomic mass is 9.81. The van der Waals surface area contributed by atoms with E-state index in [0.717, 1.165) is 22.3 Å². The van der Waals surface area contributed by atoms with E-state index in [9.17, 15) is 14.4 Å². The topological polar surface area (TPSA) is 105 Å². The van der Waals surface area contributed by atoms with Crippen molar-refractivity contribution in [3.05, 3.63) is 59.7 Å². The van der Waals surface area contributed by atoms with Crippen molar-refractivity contribution >= 4 is 18.0 Å². The van der Waals surface area contributed by atoms with Crippen molar-refractivity contribution in [1.82, 2.24) is 10.6 Å². The third kappa shape index (κ3) is 6.02. The summed E-state index contributed by atoms with van der Waals surface area (Å²) >= 11 is 0. The number of fused-ring (bicyclic) bond motifs is 3. The number of hydrogen-bond donors (Lipinski definition) is 3. The summed E-state index contributed by atoms with van der Waals surface area (Å²) in [5, 5.41) is 14.7. The summed E-state index contributed by atoms with van der Waals surface area (Å²) in [5.74, 6) is -1.08. The van der Waals surface area contributed by atoms with Crippen LogP contribution in [0.4, 0.5) is 4.79 Å². The molecule has 1 unspecified atom stereocenters. The van der Waals surface area contributed by atoms with Crippen LogP contribution in [-0.2, 0) is 14.3 Å². The van der Waals surface area contributed by atoms with E-state index in [0.29, 0.717) is 25.7 Å². The highest BCUT2D eigenvalue weighted by atomic mass is 16.5. The zero-order valence-electron chi connectivity index (χ0n) is 20.8. The number of amides is 2. The first-order valence-corrected chi connectivity index (χ1v) is 12.5. The maximum atomic E-state index is 13.1. The van der Waals surface area contributed by atoms with Crippen LogP contribution < -0.4 is 10.6 Å². The van der Waals surface area contributed by atoms with E-state index in [1.54, 1.807) is 0 Å². The van der Waals surface area contributed by atoms with Crippen LogP contribution in [0.3, 0.4) is 0 Å². The van der Waals surface area contributed by atoms with E-state index >= 15 is 0 Å². The zero-order chi connectivity index (χ0) is 25.4. The molecule has 0 aromatic heterocycles. The first-order chi connectivity index (χ1) is 16.8. The molecule has 188 valence electrons. The van der Waals surface area contributed by atoms with Gasteiger partial charge in [-0.3, -0.25) is 9.59 Å². The molecule has 0 spiro atoms. The Kier molecular flexibility index (Phi) is 8.90. The van der Waals surface area contributed by atoms with Gasteiger partial charge in [-0.05, 0) is 47.9 Å². The first kappa shape index (κ1) is 26.3. The third-order valence-electron chi connectivity index (χ3n) is 7.28. The van der Waals surface area contributed by atoms with Gasteiger partial charge in [0, 0.05) is 24.9 Å². The number of carbonyl (C=O) groups excluding carboxylic acids is 2. The molecule has 0 saturated heterocycles. The molecular formula is C28H36N2O5. The molecule has 35 heavy (non-hydrogen) atoms. The second kappa shape index (κ2) is 11.9. The van der Waals surface area contributed by atoms with Crippen LogP contribution in [-0.4, -0.2) is 42.3 Å². The largest absolute Gasteiger partial charge is 0.481 e. The van der Waals surface area contributed by atoms with Crippen LogP contribution in [0.25, 0.3) is 11.1 Å². The van der Waals surface area contributed by atoms with Gasteiger partial charge in [-0.15, -0.1) is 0 Å². The van der Waals surface area contributed by atoms with Crippen molar-refractivity contribution in [1.29, 1.82) is 0 Å². The van der Waals surface area contributed by atoms with Crippen LogP contribution in [0.5, 0.6) is 0 Å². The maximum Gasteiger partial charge on any atom is 0.407 e. The number of hydrogen-bond acceptors (Lipinski definition) is 4. The molecule has 2 aromatic carbocycles. The summed E-state index contributed by atoms with van der Waals surface area (Å²) < 4.78 is 5.62. The summed E-state index contributed by atoms with van der Waals surface area (Å²) in [5.41, 5.74) is 3.83. The van der Waals surface area contributed by atoms with Gasteiger partial charge in [-0.2, -0.15) is 0 Å². The maximum absolute atomic E-state index is 13.1. The molecule has 1 aliphatic rings. The molecule has 0 fully saturated rings. The number of carboxylic acid groups (broad SMARTS) is 1. The molecule has 1 atom stereocenters. The van der Waals surface area contributed by atoms with E-state index in [1.807, 2.05) is 45.0 Å². The average Bonchev–Trinajstić information content (AvgIpc) is 3.19. The Morgan fingerprint density at radius 2 is 1.54 bits per heavy atom. The van der Waals surface area contributed by atoms with Crippen molar-refractivity contribution in [2.75, 3.05) is 13.2 Å². The van der Waals surface area contributed by atoms with Gasteiger partial charge in [0.2, 0.25) is 5.91 Å². The first-order valence-electron chi connectivity index (χ1n) is 12.5. The van der Waals surface area contributed by atoms with Crippen LogP contribution >= 0.6 is 0 Å². The molecule has 0 bridgehead atoms. The Bertz CT molecular complexity index is 1000. The Balaban J connectivity index is 1.60. The van der Waals surface area contributed by atoms with Gasteiger partial charge in [0.15, 0.2) is 0 Å². The Hall–Kier alpha value is -3.35. The molecule has 7 nitrogen and oxygen atoms in total. The van der Waals surface area contributed by atoms with Crippen LogP contribution in [0.1, 0.15) is 69.9 Å². The molecule has 0 saturated carbocycles. The summed E-state index contributed by atoms with van der Waals surface area (Å²) in [7, 11) is 0. The van der Waals surface area contributed by atoms with Gasteiger partial charge < -0.3 is 20.5 Å². The van der Waals surface area contributed by atoms with Gasteiger partial charge in [-0.25, -0.2) is 4.79 Å². The fourth-order valence-corrected chi connectivity index (χ4v) is 4.81. The van der Waals surface area contributed by atoms with Crippen molar-refractivity contribution in [2.24, 2.45) is 5.41 Å². The fourth-order valence-electron chi connectivity index (χ4n) is 4.81. The van der Waals surface area contributed by atoms with Crippen LogP contribution in [0.15, 0.2) is 48.5 Å². The number of rotatable bonds is 12. The van der Waals surface area contributed by atoms with E-state index in [2.05, 4.69) is 34.9 Å². The Morgan fingerprint density at radius 1 is 0.971 bits per heavy atom. The fraction of sp³-hybridized carbons (Fsp3) is 0.464. The Morgan fingerprint density at radius 3 is 2.06 bits per heavy atom. The van der Waals surface area contributed by atoms with E-state index < -0.39 is 17.5 Å². The third-order valence-corrected chi connectivity index (χ3v) is 7.28. The van der Waals surface area contributed by atoms with Gasteiger partial charge in [-0.1, -0.05) is 69.3 Å². The molecule has 0 aliphatic heterocycles. The number of alkyl carbamates (subject to hydrolysis) is 1. The number of nitrogens with one attached hydrogen (secondary N) is 2. The minimum atomic E-state index is -0.883. The predicted molar refractivity (Wildman–Crippen MR) is 135 cm³/mol. The number of ether oxygens (including phenoxy) is 1. The van der Waals surface area contributed by atoms with Crippen LogP contribution in [0.2, 0.25) is 0 Å². The monoisotopic (exact) mass is 480 g/mol. The molecule has 0 heterocycles. The van der Waals surface area contributed by atoms with E-state index in [4.69, 9.17) is 9.84 Å². The summed E-state index contributed by atoms with van der Waals surface area (Å²) in [4.78, 5) is 36.7. The minimum absolute atomic E-state index is 0.00202. The number of carbonyl (C=O) groups is 3. The second-order valence-corrected chi connectivity index (χ2v) is 9.18.